The molecule has 1 N–H and O–H groups in total. The molecule has 1 saturated heterocycles. The van der Waals surface area contributed by atoms with Crippen molar-refractivity contribution in [1.82, 2.24) is 9.29 Å². The fourth-order valence-corrected chi connectivity index (χ4v) is 3.87. The van der Waals surface area contributed by atoms with E-state index in [1.165, 1.54) is 21.9 Å². The summed E-state index contributed by atoms with van der Waals surface area (Å²) in [5.41, 5.74) is 0.928. The third-order valence-electron chi connectivity index (χ3n) is 3.55. The molecule has 112 valence electrons. The van der Waals surface area contributed by atoms with Gasteiger partial charge in [0.1, 0.15) is 0 Å². The first-order valence-electron chi connectivity index (χ1n) is 6.47. The number of rotatable bonds is 3. The van der Waals surface area contributed by atoms with Gasteiger partial charge < -0.3 is 5.32 Å². The minimum Gasteiger partial charge on any atom is -0.302 e. The Morgan fingerprint density at radius 1 is 1.35 bits per heavy atom. The van der Waals surface area contributed by atoms with Crippen LogP contribution in [0.5, 0.6) is 0 Å². The highest BCUT2D eigenvalue weighted by Crippen LogP contribution is 2.24. The van der Waals surface area contributed by atoms with Gasteiger partial charge in [-0.25, -0.2) is 17.7 Å². The number of sulfonamides is 1. The molecule has 2 rings (SSSR count). The van der Waals surface area contributed by atoms with Crippen LogP contribution in [0.25, 0.3) is 0 Å². The Morgan fingerprint density at radius 3 is 2.40 bits per heavy atom. The molecule has 20 heavy (non-hydrogen) atoms. The van der Waals surface area contributed by atoms with Crippen molar-refractivity contribution >= 4 is 32.4 Å². The highest BCUT2D eigenvalue weighted by atomic mass is 32.2. The van der Waals surface area contributed by atoms with Crippen LogP contribution in [0.15, 0.2) is 0 Å². The van der Waals surface area contributed by atoms with Gasteiger partial charge in [-0.1, -0.05) is 0 Å². The van der Waals surface area contributed by atoms with E-state index in [-0.39, 0.29) is 11.8 Å². The monoisotopic (exact) mass is 317 g/mol. The zero-order chi connectivity index (χ0) is 14.9. The molecule has 1 aliphatic rings. The average molecular weight is 317 g/mol. The Kier molecular flexibility index (Phi) is 4.46. The zero-order valence-electron chi connectivity index (χ0n) is 11.8. The Labute approximate surface area is 123 Å². The van der Waals surface area contributed by atoms with Crippen LogP contribution in [-0.2, 0) is 14.8 Å². The maximum absolute atomic E-state index is 12.1. The summed E-state index contributed by atoms with van der Waals surface area (Å²) in [6.07, 6.45) is 2.32. The van der Waals surface area contributed by atoms with Crippen molar-refractivity contribution in [3.8, 4) is 0 Å². The second kappa shape index (κ2) is 5.79. The van der Waals surface area contributed by atoms with Gasteiger partial charge in [0.2, 0.25) is 15.9 Å². The Balaban J connectivity index is 1.92. The predicted octanol–water partition coefficient (Wildman–Crippen LogP) is 1.37. The lowest BCUT2D eigenvalue weighted by Crippen LogP contribution is -2.40. The summed E-state index contributed by atoms with van der Waals surface area (Å²) in [7, 11) is -3.14. The number of aromatic nitrogens is 1. The molecular weight excluding hydrogens is 298 g/mol. The van der Waals surface area contributed by atoms with Crippen LogP contribution in [-0.4, -0.2) is 43.0 Å². The number of piperidine rings is 1. The summed E-state index contributed by atoms with van der Waals surface area (Å²) >= 11 is 1.46. The molecule has 1 amide bonds. The maximum atomic E-state index is 12.1. The molecule has 1 fully saturated rings. The summed E-state index contributed by atoms with van der Waals surface area (Å²) in [5, 5.41) is 3.45. The van der Waals surface area contributed by atoms with Crippen molar-refractivity contribution in [1.29, 1.82) is 0 Å². The molecule has 0 bridgehead atoms. The van der Waals surface area contributed by atoms with Gasteiger partial charge in [0.25, 0.3) is 0 Å². The molecule has 0 aliphatic carbocycles. The van der Waals surface area contributed by atoms with E-state index in [4.69, 9.17) is 0 Å². The van der Waals surface area contributed by atoms with Gasteiger partial charge in [0.15, 0.2) is 5.13 Å². The lowest BCUT2D eigenvalue weighted by Gasteiger charge is -2.29. The molecular formula is C12H19N3O3S2. The quantitative estimate of drug-likeness (QED) is 0.913. The fraction of sp³-hybridized carbons (Fsp3) is 0.667. The van der Waals surface area contributed by atoms with E-state index in [1.807, 2.05) is 13.8 Å². The van der Waals surface area contributed by atoms with Gasteiger partial charge in [-0.05, 0) is 26.7 Å². The van der Waals surface area contributed by atoms with Crippen molar-refractivity contribution in [2.45, 2.75) is 26.7 Å². The van der Waals surface area contributed by atoms with Crippen LogP contribution in [0, 0.1) is 19.8 Å². The molecule has 0 unspecified atom stereocenters. The minimum atomic E-state index is -3.14. The molecule has 0 spiro atoms. The average Bonchev–Trinajstić information content (AvgIpc) is 2.67. The van der Waals surface area contributed by atoms with Crippen molar-refractivity contribution in [2.24, 2.45) is 5.92 Å². The summed E-state index contributed by atoms with van der Waals surface area (Å²) in [4.78, 5) is 17.5. The molecule has 0 radical (unpaired) electrons. The molecule has 0 aromatic carbocycles. The third kappa shape index (κ3) is 3.56. The van der Waals surface area contributed by atoms with E-state index >= 15 is 0 Å². The van der Waals surface area contributed by atoms with E-state index < -0.39 is 10.0 Å². The zero-order valence-corrected chi connectivity index (χ0v) is 13.5. The minimum absolute atomic E-state index is 0.0631. The number of carbonyl (C=O) groups is 1. The maximum Gasteiger partial charge on any atom is 0.229 e. The van der Waals surface area contributed by atoms with Crippen molar-refractivity contribution in [3.05, 3.63) is 10.6 Å². The first kappa shape index (κ1) is 15.4. The number of nitrogens with zero attached hydrogens (tertiary/aromatic N) is 2. The summed E-state index contributed by atoms with van der Waals surface area (Å²) < 4.78 is 24.2. The number of aryl methyl sites for hydroxylation is 2. The van der Waals surface area contributed by atoms with Gasteiger partial charge in [0, 0.05) is 23.9 Å². The second-order valence-corrected chi connectivity index (χ2v) is 8.27. The molecule has 0 saturated carbocycles. The highest BCUT2D eigenvalue weighted by molar-refractivity contribution is 7.88. The number of carbonyl (C=O) groups excluding carboxylic acids is 1. The van der Waals surface area contributed by atoms with Gasteiger partial charge in [-0.15, -0.1) is 11.3 Å². The largest absolute Gasteiger partial charge is 0.302 e. The number of nitrogens with one attached hydrogen (secondary N) is 1. The predicted molar refractivity (Wildman–Crippen MR) is 79.4 cm³/mol. The highest BCUT2D eigenvalue weighted by Gasteiger charge is 2.29. The fourth-order valence-electron chi connectivity index (χ4n) is 2.18. The number of anilines is 1. The van der Waals surface area contributed by atoms with E-state index in [1.54, 1.807) is 0 Å². The van der Waals surface area contributed by atoms with Gasteiger partial charge >= 0.3 is 0 Å². The molecule has 8 heteroatoms. The third-order valence-corrected chi connectivity index (χ3v) is 5.84. The van der Waals surface area contributed by atoms with Crippen LogP contribution in [0.3, 0.4) is 0 Å². The van der Waals surface area contributed by atoms with E-state index in [0.717, 1.165) is 10.6 Å². The van der Waals surface area contributed by atoms with Gasteiger partial charge in [-0.2, -0.15) is 0 Å². The SMILES string of the molecule is Cc1nc(NC(=O)C2CCN(S(C)(=O)=O)CC2)sc1C. The van der Waals surface area contributed by atoms with Crippen molar-refractivity contribution in [2.75, 3.05) is 24.7 Å². The molecule has 1 aliphatic heterocycles. The van der Waals surface area contributed by atoms with Gasteiger partial charge in [0.05, 0.1) is 11.9 Å². The number of hydrogen-bond acceptors (Lipinski definition) is 5. The number of hydrogen-bond donors (Lipinski definition) is 1. The van der Waals surface area contributed by atoms with Crippen LogP contribution in [0.1, 0.15) is 23.4 Å². The smallest absolute Gasteiger partial charge is 0.229 e. The molecule has 0 atom stereocenters. The summed E-state index contributed by atoms with van der Waals surface area (Å²) in [5.74, 6) is -0.204. The first-order valence-corrected chi connectivity index (χ1v) is 9.14. The Morgan fingerprint density at radius 2 is 1.95 bits per heavy atom. The molecule has 1 aromatic heterocycles. The van der Waals surface area contributed by atoms with E-state index in [2.05, 4.69) is 10.3 Å². The van der Waals surface area contributed by atoms with Gasteiger partial charge in [-0.3, -0.25) is 4.79 Å². The number of amides is 1. The van der Waals surface area contributed by atoms with Crippen LogP contribution in [0.2, 0.25) is 0 Å². The molecule has 6 nitrogen and oxygen atoms in total. The normalized spacial score (nSPS) is 18.1. The summed E-state index contributed by atoms with van der Waals surface area (Å²) in [6, 6.07) is 0. The van der Waals surface area contributed by atoms with Crippen LogP contribution in [0.4, 0.5) is 5.13 Å². The van der Waals surface area contributed by atoms with Crippen LogP contribution >= 0.6 is 11.3 Å². The molecule has 2 heterocycles. The number of thiazole rings is 1. The topological polar surface area (TPSA) is 79.4 Å². The first-order chi connectivity index (χ1) is 9.27. The lowest BCUT2D eigenvalue weighted by molar-refractivity contribution is -0.120. The standard InChI is InChI=1S/C12H19N3O3S2/c1-8-9(2)19-12(13-8)14-11(16)10-4-6-15(7-5-10)20(3,17)18/h10H,4-7H2,1-3H3,(H,13,14,16). The van der Waals surface area contributed by atoms with Crippen LogP contribution < -0.4 is 5.32 Å². The van der Waals surface area contributed by atoms with Crippen molar-refractivity contribution < 1.29 is 13.2 Å². The van der Waals surface area contributed by atoms with E-state index in [9.17, 15) is 13.2 Å². The second-order valence-electron chi connectivity index (χ2n) is 5.09. The Hall–Kier alpha value is -0.990. The Bertz CT molecular complexity index is 582. The summed E-state index contributed by atoms with van der Waals surface area (Å²) in [6.45, 7) is 4.69. The molecule has 1 aromatic rings. The van der Waals surface area contributed by atoms with E-state index in [0.29, 0.717) is 31.1 Å². The van der Waals surface area contributed by atoms with Crippen molar-refractivity contribution in [3.63, 3.8) is 0 Å². The lowest BCUT2D eigenvalue weighted by atomic mass is 9.97.